The summed E-state index contributed by atoms with van der Waals surface area (Å²) in [6.45, 7) is 5.58. The summed E-state index contributed by atoms with van der Waals surface area (Å²) < 4.78 is 73.4. The van der Waals surface area contributed by atoms with Crippen LogP contribution in [0, 0.1) is 0 Å². The Labute approximate surface area is 704 Å². The Balaban J connectivity index is 1.92. The van der Waals surface area contributed by atoms with Crippen LogP contribution in [0.25, 0.3) is 0 Å². The van der Waals surface area contributed by atoms with E-state index in [0.29, 0.717) is 44.9 Å². The highest BCUT2D eigenvalue weighted by Gasteiger charge is 2.60. The van der Waals surface area contributed by atoms with E-state index in [1.807, 2.05) is 0 Å². The van der Waals surface area contributed by atoms with Crippen LogP contribution in [0.15, 0.2) is 24.3 Å². The van der Waals surface area contributed by atoms with Crippen molar-refractivity contribution in [1.29, 1.82) is 0 Å². The van der Waals surface area contributed by atoms with Gasteiger partial charge < -0.3 is 88.7 Å². The number of aliphatic hydroxyl groups is 9. The second kappa shape index (κ2) is 70.3. The fourth-order valence-electron chi connectivity index (χ4n) is 15.4. The zero-order valence-electron chi connectivity index (χ0n) is 73.0. The Morgan fingerprint density at radius 1 is 0.333 bits per heavy atom. The van der Waals surface area contributed by atoms with Gasteiger partial charge in [-0.05, 0) is 77.0 Å². The van der Waals surface area contributed by atoms with E-state index >= 15 is 0 Å². The smallest absolute Gasteiger partial charge is 0.463 e. The van der Waals surface area contributed by atoms with Gasteiger partial charge in [-0.3, -0.25) is 28.2 Å². The van der Waals surface area contributed by atoms with Crippen molar-refractivity contribution in [2.75, 3.05) is 26.4 Å². The first-order chi connectivity index (χ1) is 56.7. The molecule has 2 aliphatic heterocycles. The molecular formula is C91H167O25P. The van der Waals surface area contributed by atoms with E-state index in [2.05, 4.69) is 52.0 Å². The van der Waals surface area contributed by atoms with Gasteiger partial charge in [-0.15, -0.1) is 0 Å². The Bertz CT molecular complexity index is 2530. The standard InChI is InChI=1S/C91H167O25P/c1-5-9-13-17-21-25-29-33-36-40-44-47-51-55-59-63-74(93)107-68-71(110-76(95)65-61-57-53-49-45-41-37-34-30-26-22-18-14-10-6-2)69-109-117(105,106)116-89-87(114-90-84(103)80(99)78(97)72(67-92)111-90)83(102)82(101)86(113-77(96)66-62-58-54-50-46-42-38-35-31-27-23-19-15-11-7-3)88(89)115-91-85(104)81(100)79(98)73(112-91)70-108-75(94)64-60-56-52-48-43-39-32-28-24-20-16-12-8-4/h26,30,39,43,71-73,78-92,97-104H,5-25,27-29,31-38,40-42,44-70H2,1-4H3,(H,105,106)/b30-26-,43-39-. The molecule has 18 atom stereocenters. The molecule has 686 valence electrons. The van der Waals surface area contributed by atoms with Crippen LogP contribution in [0.5, 0.6) is 0 Å². The van der Waals surface area contributed by atoms with Crippen molar-refractivity contribution in [2.45, 2.75) is 504 Å². The van der Waals surface area contributed by atoms with Crippen molar-refractivity contribution in [3.8, 4) is 0 Å². The maximum Gasteiger partial charge on any atom is 0.472 e. The van der Waals surface area contributed by atoms with E-state index in [0.717, 1.165) is 135 Å². The summed E-state index contributed by atoms with van der Waals surface area (Å²) in [6.07, 6.45) is 30.2. The Morgan fingerprint density at radius 3 is 1.03 bits per heavy atom. The van der Waals surface area contributed by atoms with Gasteiger partial charge in [0, 0.05) is 25.7 Å². The summed E-state index contributed by atoms with van der Waals surface area (Å²) in [5.41, 5.74) is 0. The quantitative estimate of drug-likeness (QED) is 0.00889. The molecule has 3 fully saturated rings. The summed E-state index contributed by atoms with van der Waals surface area (Å²) in [5, 5.41) is 102. The number of carbonyl (C=O) groups excluding carboxylic acids is 4. The summed E-state index contributed by atoms with van der Waals surface area (Å²) in [4.78, 5) is 66.4. The van der Waals surface area contributed by atoms with Gasteiger partial charge in [-0.1, -0.05) is 322 Å². The molecule has 10 N–H and O–H groups in total. The number of phosphoric ester groups is 1. The highest BCUT2D eigenvalue weighted by molar-refractivity contribution is 7.47. The first kappa shape index (κ1) is 108. The molecule has 0 aromatic carbocycles. The second-order valence-corrected chi connectivity index (χ2v) is 34.9. The van der Waals surface area contributed by atoms with Gasteiger partial charge in [-0.2, -0.15) is 0 Å². The third-order valence-corrected chi connectivity index (χ3v) is 23.9. The third kappa shape index (κ3) is 50.5. The number of ether oxygens (including phenoxy) is 8. The van der Waals surface area contributed by atoms with Crippen molar-refractivity contribution in [3.05, 3.63) is 24.3 Å². The number of unbranched alkanes of at least 4 members (excludes halogenated alkanes) is 48. The monoisotopic (exact) mass is 1690 g/mol. The van der Waals surface area contributed by atoms with Crippen LogP contribution in [0.3, 0.4) is 0 Å². The SMILES string of the molecule is CCCCCC/C=C\CCCCCCCCCC(=O)OC(COC(=O)CCCCCCCCCCCCCCCCC)COP(=O)(O)OC1C(OC2OC(CO)C(O)C(O)C2O)C(O)C(O)C(OC(=O)CCCCCCCCCCCCCCCCC)C1OC1OC(COC(=O)CCCCC/C=C\CCCCCCCC)C(O)C(O)C1O. The van der Waals surface area contributed by atoms with Crippen LogP contribution in [0.1, 0.15) is 400 Å². The molecular weight excluding hydrogens is 1520 g/mol. The van der Waals surface area contributed by atoms with E-state index in [1.165, 1.54) is 167 Å². The van der Waals surface area contributed by atoms with Crippen LogP contribution in [0.2, 0.25) is 0 Å². The van der Waals surface area contributed by atoms with Crippen molar-refractivity contribution in [2.24, 2.45) is 0 Å². The van der Waals surface area contributed by atoms with Crippen molar-refractivity contribution >= 4 is 31.7 Å². The molecule has 0 bridgehead atoms. The van der Waals surface area contributed by atoms with Crippen LogP contribution in [0.4, 0.5) is 0 Å². The molecule has 25 nitrogen and oxygen atoms in total. The predicted octanol–water partition coefficient (Wildman–Crippen LogP) is 17.3. The molecule has 0 aromatic heterocycles. The number of rotatable bonds is 76. The third-order valence-electron chi connectivity index (χ3n) is 22.9. The number of hydrogen-bond donors (Lipinski definition) is 10. The van der Waals surface area contributed by atoms with Gasteiger partial charge in [0.2, 0.25) is 0 Å². The fourth-order valence-corrected chi connectivity index (χ4v) is 16.4. The lowest BCUT2D eigenvalue weighted by Gasteiger charge is -2.50. The maximum absolute atomic E-state index is 14.9. The highest BCUT2D eigenvalue weighted by Crippen LogP contribution is 2.49. The van der Waals surface area contributed by atoms with Crippen LogP contribution in [-0.2, 0) is 70.7 Å². The molecule has 0 amide bonds. The zero-order chi connectivity index (χ0) is 85.4. The summed E-state index contributed by atoms with van der Waals surface area (Å²) >= 11 is 0. The average molecular weight is 1690 g/mol. The Morgan fingerprint density at radius 2 is 0.641 bits per heavy atom. The molecule has 0 spiro atoms. The summed E-state index contributed by atoms with van der Waals surface area (Å²) in [6, 6.07) is 0. The minimum atomic E-state index is -5.81. The maximum atomic E-state index is 14.9. The first-order valence-corrected chi connectivity index (χ1v) is 48.6. The molecule has 18 unspecified atom stereocenters. The molecule has 2 saturated heterocycles. The van der Waals surface area contributed by atoms with E-state index < -0.39 is 162 Å². The minimum Gasteiger partial charge on any atom is -0.463 e. The summed E-state index contributed by atoms with van der Waals surface area (Å²) in [7, 11) is -5.81. The molecule has 1 aliphatic carbocycles. The van der Waals surface area contributed by atoms with E-state index in [-0.39, 0.29) is 25.7 Å². The summed E-state index contributed by atoms with van der Waals surface area (Å²) in [5.74, 6) is -2.98. The molecule has 2 heterocycles. The van der Waals surface area contributed by atoms with Gasteiger partial charge >= 0.3 is 31.7 Å². The van der Waals surface area contributed by atoms with Crippen LogP contribution < -0.4 is 0 Å². The number of allylic oxidation sites excluding steroid dienone is 4. The van der Waals surface area contributed by atoms with Gasteiger partial charge in [0.15, 0.2) is 24.8 Å². The normalized spacial score (nSPS) is 25.1. The second-order valence-electron chi connectivity index (χ2n) is 33.5. The van der Waals surface area contributed by atoms with Gasteiger partial charge in [0.05, 0.1) is 13.2 Å². The van der Waals surface area contributed by atoms with E-state index in [4.69, 9.17) is 46.9 Å². The number of aliphatic hydroxyl groups excluding tert-OH is 9. The molecule has 117 heavy (non-hydrogen) atoms. The molecule has 26 heteroatoms. The fraction of sp³-hybridized carbons (Fsp3) is 0.912. The van der Waals surface area contributed by atoms with Crippen molar-refractivity contribution < 1.29 is 122 Å². The van der Waals surface area contributed by atoms with Gasteiger partial charge in [0.1, 0.15) is 92.6 Å². The predicted molar refractivity (Wildman–Crippen MR) is 453 cm³/mol. The molecule has 1 saturated carbocycles. The zero-order valence-corrected chi connectivity index (χ0v) is 73.9. The first-order valence-electron chi connectivity index (χ1n) is 47.1. The Kier molecular flexibility index (Phi) is 64.9. The van der Waals surface area contributed by atoms with E-state index in [9.17, 15) is 74.6 Å². The van der Waals surface area contributed by atoms with Crippen molar-refractivity contribution in [3.63, 3.8) is 0 Å². The lowest BCUT2D eigenvalue weighted by molar-refractivity contribution is -0.360. The average Bonchev–Trinajstić information content (AvgIpc) is 0.754. The number of esters is 4. The van der Waals surface area contributed by atoms with Gasteiger partial charge in [-0.25, -0.2) is 4.57 Å². The highest BCUT2D eigenvalue weighted by atomic mass is 31.2. The van der Waals surface area contributed by atoms with Crippen molar-refractivity contribution in [1.82, 2.24) is 0 Å². The van der Waals surface area contributed by atoms with E-state index in [1.54, 1.807) is 0 Å². The largest absolute Gasteiger partial charge is 0.472 e. The number of hydrogen-bond acceptors (Lipinski definition) is 24. The van der Waals surface area contributed by atoms with Gasteiger partial charge in [0.25, 0.3) is 0 Å². The van der Waals surface area contributed by atoms with Crippen LogP contribution >= 0.6 is 7.82 Å². The number of phosphoric acid groups is 1. The minimum absolute atomic E-state index is 0.00554. The molecule has 0 aromatic rings. The Hall–Kier alpha value is -3.05. The number of carbonyl (C=O) groups is 4. The molecule has 0 radical (unpaired) electrons. The topological polar surface area (TPSA) is 380 Å². The lowest BCUT2D eigenvalue weighted by atomic mass is 9.84. The lowest BCUT2D eigenvalue weighted by Crippen LogP contribution is -2.70. The molecule has 3 rings (SSSR count). The molecule has 3 aliphatic rings. The van der Waals surface area contributed by atoms with Crippen LogP contribution in [-0.4, -0.2) is 205 Å².